The highest BCUT2D eigenvalue weighted by Gasteiger charge is 2.20. The molecule has 0 atom stereocenters. The van der Waals surface area contributed by atoms with E-state index >= 15 is 0 Å². The molecular formula is C12H12N4O3S. The number of nitrogens with zero attached hydrogens (tertiary/aromatic N) is 2. The summed E-state index contributed by atoms with van der Waals surface area (Å²) in [5.41, 5.74) is 0.577. The Morgan fingerprint density at radius 1 is 1.55 bits per heavy atom. The van der Waals surface area contributed by atoms with Crippen LogP contribution in [0.2, 0.25) is 0 Å². The summed E-state index contributed by atoms with van der Waals surface area (Å²) in [5, 5.41) is 13.6. The summed E-state index contributed by atoms with van der Waals surface area (Å²) in [4.78, 5) is 29.9. The maximum atomic E-state index is 12.1. The summed E-state index contributed by atoms with van der Waals surface area (Å²) in [6.07, 6.45) is 4.92. The van der Waals surface area contributed by atoms with Crippen LogP contribution in [0.1, 0.15) is 16.1 Å². The molecule has 8 heteroatoms. The number of rotatable bonds is 5. The van der Waals surface area contributed by atoms with Crippen molar-refractivity contribution in [2.75, 3.05) is 6.26 Å². The minimum Gasteiger partial charge on any atom is -0.347 e. The zero-order chi connectivity index (χ0) is 14.5. The number of nitro benzene ring substituents is 1. The average Bonchev–Trinajstić information content (AvgIpc) is 2.97. The number of hydrogen-bond acceptors (Lipinski definition) is 5. The maximum absolute atomic E-state index is 12.1. The fourth-order valence-corrected chi connectivity index (χ4v) is 2.08. The molecule has 0 aliphatic rings. The molecule has 0 unspecified atom stereocenters. The van der Waals surface area contributed by atoms with E-state index in [0.29, 0.717) is 0 Å². The molecule has 1 aromatic heterocycles. The van der Waals surface area contributed by atoms with E-state index in [1.54, 1.807) is 12.3 Å². The van der Waals surface area contributed by atoms with E-state index < -0.39 is 10.8 Å². The Bertz CT molecular complexity index is 628. The number of benzene rings is 1. The number of nitro groups is 1. The fraction of sp³-hybridized carbons (Fsp3) is 0.167. The lowest BCUT2D eigenvalue weighted by molar-refractivity contribution is -0.385. The number of imidazole rings is 1. The van der Waals surface area contributed by atoms with Crippen LogP contribution < -0.4 is 5.32 Å². The van der Waals surface area contributed by atoms with Crippen LogP contribution >= 0.6 is 11.8 Å². The van der Waals surface area contributed by atoms with Crippen molar-refractivity contribution in [3.05, 3.63) is 52.1 Å². The van der Waals surface area contributed by atoms with E-state index in [1.165, 1.54) is 30.2 Å². The van der Waals surface area contributed by atoms with Gasteiger partial charge in [0.05, 0.1) is 23.5 Å². The molecule has 20 heavy (non-hydrogen) atoms. The number of amides is 1. The van der Waals surface area contributed by atoms with Gasteiger partial charge in [0, 0.05) is 17.2 Å². The number of nitrogens with one attached hydrogen (secondary N) is 2. The van der Waals surface area contributed by atoms with E-state index in [1.807, 2.05) is 6.26 Å². The third-order valence-electron chi connectivity index (χ3n) is 2.64. The van der Waals surface area contributed by atoms with Gasteiger partial charge in [-0.3, -0.25) is 14.9 Å². The second-order valence-electron chi connectivity index (χ2n) is 3.90. The van der Waals surface area contributed by atoms with Gasteiger partial charge in [-0.2, -0.15) is 0 Å². The Balaban J connectivity index is 2.20. The van der Waals surface area contributed by atoms with Gasteiger partial charge < -0.3 is 10.3 Å². The van der Waals surface area contributed by atoms with Gasteiger partial charge in [0.1, 0.15) is 5.56 Å². The minimum absolute atomic E-state index is 0.0568. The van der Waals surface area contributed by atoms with Crippen molar-refractivity contribution >= 4 is 23.4 Å². The third-order valence-corrected chi connectivity index (χ3v) is 3.36. The second kappa shape index (κ2) is 6.20. The molecule has 1 heterocycles. The summed E-state index contributed by atoms with van der Waals surface area (Å²) >= 11 is 1.42. The lowest BCUT2D eigenvalue weighted by Gasteiger charge is -2.06. The van der Waals surface area contributed by atoms with Crippen LogP contribution in [0.5, 0.6) is 0 Å². The van der Waals surface area contributed by atoms with Gasteiger partial charge in [-0.15, -0.1) is 11.8 Å². The zero-order valence-corrected chi connectivity index (χ0v) is 11.4. The van der Waals surface area contributed by atoms with Crippen LogP contribution in [0.25, 0.3) is 0 Å². The number of hydrogen-bond donors (Lipinski definition) is 2. The molecule has 0 fully saturated rings. The van der Waals surface area contributed by atoms with E-state index in [0.717, 1.165) is 10.6 Å². The van der Waals surface area contributed by atoms with E-state index in [4.69, 9.17) is 0 Å². The Kier molecular flexibility index (Phi) is 4.36. The summed E-state index contributed by atoms with van der Waals surface area (Å²) < 4.78 is 0. The van der Waals surface area contributed by atoms with Crippen LogP contribution in [0.4, 0.5) is 5.69 Å². The largest absolute Gasteiger partial charge is 0.347 e. The molecule has 7 nitrogen and oxygen atoms in total. The summed E-state index contributed by atoms with van der Waals surface area (Å²) in [6, 6.07) is 4.48. The number of aromatic nitrogens is 2. The molecule has 2 N–H and O–H groups in total. The minimum atomic E-state index is -0.560. The van der Waals surface area contributed by atoms with Crippen LogP contribution in [0.3, 0.4) is 0 Å². The molecule has 2 aromatic rings. The van der Waals surface area contributed by atoms with E-state index in [9.17, 15) is 14.9 Å². The Morgan fingerprint density at radius 2 is 2.35 bits per heavy atom. The van der Waals surface area contributed by atoms with E-state index in [-0.39, 0.29) is 17.8 Å². The van der Waals surface area contributed by atoms with Crippen molar-refractivity contribution in [2.45, 2.75) is 11.4 Å². The highest BCUT2D eigenvalue weighted by Crippen LogP contribution is 2.24. The normalized spacial score (nSPS) is 10.2. The topological polar surface area (TPSA) is 101 Å². The smallest absolute Gasteiger partial charge is 0.282 e. The van der Waals surface area contributed by atoms with Gasteiger partial charge >= 0.3 is 0 Å². The standard InChI is InChI=1S/C12H12N4O3S/c1-20-9-2-3-11(16(18)19)10(4-9)12(17)14-6-8-5-13-7-15-8/h2-5,7H,6H2,1H3,(H,13,15)(H,14,17). The number of aromatic amines is 1. The molecule has 2 rings (SSSR count). The third kappa shape index (κ3) is 3.15. The van der Waals surface area contributed by atoms with Crippen molar-refractivity contribution in [3.8, 4) is 0 Å². The molecular weight excluding hydrogens is 280 g/mol. The molecule has 1 aromatic carbocycles. The van der Waals surface area contributed by atoms with Gasteiger partial charge in [0.2, 0.25) is 0 Å². The Labute approximate surface area is 118 Å². The highest BCUT2D eigenvalue weighted by molar-refractivity contribution is 7.98. The SMILES string of the molecule is CSc1ccc([N+](=O)[O-])c(C(=O)NCc2cnc[nH]2)c1. The molecule has 0 aliphatic carbocycles. The summed E-state index contributed by atoms with van der Waals surface area (Å²) in [5.74, 6) is -0.484. The first-order valence-electron chi connectivity index (χ1n) is 5.69. The van der Waals surface area contributed by atoms with Crippen LogP contribution in [-0.4, -0.2) is 27.1 Å². The first-order valence-corrected chi connectivity index (χ1v) is 6.92. The van der Waals surface area contributed by atoms with Gasteiger partial charge in [-0.1, -0.05) is 0 Å². The molecule has 0 aliphatic heterocycles. The van der Waals surface area contributed by atoms with Crippen molar-refractivity contribution in [1.29, 1.82) is 0 Å². The van der Waals surface area contributed by atoms with Crippen molar-refractivity contribution in [2.24, 2.45) is 0 Å². The quantitative estimate of drug-likeness (QED) is 0.498. The molecule has 0 radical (unpaired) electrons. The van der Waals surface area contributed by atoms with Crippen LogP contribution in [0.15, 0.2) is 35.6 Å². The number of thioether (sulfide) groups is 1. The first-order chi connectivity index (χ1) is 9.61. The molecule has 0 spiro atoms. The molecule has 0 bridgehead atoms. The lowest BCUT2D eigenvalue weighted by Crippen LogP contribution is -2.23. The lowest BCUT2D eigenvalue weighted by atomic mass is 10.1. The van der Waals surface area contributed by atoms with E-state index in [2.05, 4.69) is 15.3 Å². The first kappa shape index (κ1) is 14.1. The Morgan fingerprint density at radius 3 is 2.95 bits per heavy atom. The zero-order valence-electron chi connectivity index (χ0n) is 10.6. The summed E-state index contributed by atoms with van der Waals surface area (Å²) in [7, 11) is 0. The van der Waals surface area contributed by atoms with Crippen molar-refractivity contribution in [3.63, 3.8) is 0 Å². The fourth-order valence-electron chi connectivity index (χ4n) is 1.64. The second-order valence-corrected chi connectivity index (χ2v) is 4.78. The van der Waals surface area contributed by atoms with Gasteiger partial charge in [-0.25, -0.2) is 4.98 Å². The van der Waals surface area contributed by atoms with Crippen molar-refractivity contribution < 1.29 is 9.72 Å². The van der Waals surface area contributed by atoms with Gasteiger partial charge in [0.15, 0.2) is 0 Å². The highest BCUT2D eigenvalue weighted by atomic mass is 32.2. The van der Waals surface area contributed by atoms with Gasteiger partial charge in [-0.05, 0) is 18.4 Å². The monoisotopic (exact) mass is 292 g/mol. The van der Waals surface area contributed by atoms with Crippen LogP contribution in [0, 0.1) is 10.1 Å². The number of carbonyl (C=O) groups excluding carboxylic acids is 1. The number of H-pyrrole nitrogens is 1. The van der Waals surface area contributed by atoms with Crippen LogP contribution in [-0.2, 0) is 6.54 Å². The maximum Gasteiger partial charge on any atom is 0.282 e. The molecule has 1 amide bonds. The molecule has 0 saturated heterocycles. The molecule has 104 valence electrons. The predicted molar refractivity (Wildman–Crippen MR) is 74.6 cm³/mol. The molecule has 0 saturated carbocycles. The average molecular weight is 292 g/mol. The van der Waals surface area contributed by atoms with Crippen molar-refractivity contribution in [1.82, 2.24) is 15.3 Å². The van der Waals surface area contributed by atoms with Gasteiger partial charge in [0.25, 0.3) is 11.6 Å². The Hall–Kier alpha value is -2.35. The number of carbonyl (C=O) groups is 1. The predicted octanol–water partition coefficient (Wildman–Crippen LogP) is 1.97. The summed E-state index contributed by atoms with van der Waals surface area (Å²) in [6.45, 7) is 0.236.